The summed E-state index contributed by atoms with van der Waals surface area (Å²) in [7, 11) is 3.41. The highest BCUT2D eigenvalue weighted by Crippen LogP contribution is 2.28. The Morgan fingerprint density at radius 1 is 1.23 bits per heavy atom. The predicted octanol–water partition coefficient (Wildman–Crippen LogP) is 3.73. The first-order valence-electron chi connectivity index (χ1n) is 8.31. The minimum atomic E-state index is 0. The second-order valence-electron chi connectivity index (χ2n) is 5.48. The van der Waals surface area contributed by atoms with E-state index in [1.54, 1.807) is 25.5 Å². The van der Waals surface area contributed by atoms with Crippen molar-refractivity contribution in [2.24, 2.45) is 4.99 Å². The number of benzene rings is 1. The lowest BCUT2D eigenvalue weighted by Gasteiger charge is -2.14. The second-order valence-corrected chi connectivity index (χ2v) is 6.80. The molecular weight excluding hydrogens is 463 g/mol. The molecule has 1 aromatic heterocycles. The topological polar surface area (TPSA) is 67.8 Å². The molecule has 0 fully saturated rings. The zero-order valence-electron chi connectivity index (χ0n) is 15.7. The number of rotatable bonds is 8. The van der Waals surface area contributed by atoms with Crippen molar-refractivity contribution in [3.8, 4) is 11.5 Å². The predicted molar refractivity (Wildman–Crippen MR) is 118 cm³/mol. The number of nitrogens with zero attached hydrogens (tertiary/aromatic N) is 2. The van der Waals surface area contributed by atoms with Crippen LogP contribution in [0, 0.1) is 6.92 Å². The van der Waals surface area contributed by atoms with E-state index in [0.717, 1.165) is 34.5 Å². The fraction of sp³-hybridized carbons (Fsp3) is 0.444. The molecule has 0 spiro atoms. The molecule has 0 aliphatic carbocycles. The average molecular weight is 490 g/mol. The molecule has 0 bridgehead atoms. The van der Waals surface area contributed by atoms with E-state index in [-0.39, 0.29) is 24.0 Å². The molecular formula is C18H27IN4O2S. The standard InChI is InChI=1S/C18H26N4O2S.HI/c1-5-8-24-15-7-6-14(9-16(15)23-4)11-21-18(19-3)22-12-17-20-10-13(2)25-17;/h6-7,9-10H,5,8,11-12H2,1-4H3,(H2,19,21,22);1H. The van der Waals surface area contributed by atoms with Crippen molar-refractivity contribution in [3.05, 3.63) is 39.8 Å². The molecule has 0 amide bonds. The summed E-state index contributed by atoms with van der Waals surface area (Å²) in [5.41, 5.74) is 1.09. The van der Waals surface area contributed by atoms with Crippen LogP contribution in [0.3, 0.4) is 0 Å². The van der Waals surface area contributed by atoms with Gasteiger partial charge in [-0.2, -0.15) is 0 Å². The third-order valence-corrected chi connectivity index (χ3v) is 4.36. The van der Waals surface area contributed by atoms with Crippen molar-refractivity contribution in [1.82, 2.24) is 15.6 Å². The van der Waals surface area contributed by atoms with E-state index >= 15 is 0 Å². The summed E-state index contributed by atoms with van der Waals surface area (Å²) in [5.74, 6) is 2.25. The summed E-state index contributed by atoms with van der Waals surface area (Å²) in [6.45, 7) is 6.11. The van der Waals surface area contributed by atoms with Gasteiger partial charge in [0.1, 0.15) is 5.01 Å². The molecule has 2 aromatic rings. The van der Waals surface area contributed by atoms with Gasteiger partial charge in [0.25, 0.3) is 0 Å². The molecule has 2 rings (SSSR count). The maximum Gasteiger partial charge on any atom is 0.191 e. The van der Waals surface area contributed by atoms with Gasteiger partial charge in [-0.3, -0.25) is 4.99 Å². The lowest BCUT2D eigenvalue weighted by molar-refractivity contribution is 0.294. The summed E-state index contributed by atoms with van der Waals surface area (Å²) >= 11 is 1.68. The maximum atomic E-state index is 5.68. The van der Waals surface area contributed by atoms with Gasteiger partial charge >= 0.3 is 0 Å². The summed E-state index contributed by atoms with van der Waals surface area (Å²) in [6.07, 6.45) is 2.85. The average Bonchev–Trinajstić information content (AvgIpc) is 3.05. The molecule has 0 aliphatic rings. The van der Waals surface area contributed by atoms with Gasteiger partial charge in [0.05, 0.1) is 20.3 Å². The van der Waals surface area contributed by atoms with E-state index in [0.29, 0.717) is 19.7 Å². The molecule has 0 aliphatic heterocycles. The summed E-state index contributed by atoms with van der Waals surface area (Å²) in [6, 6.07) is 5.95. The normalized spacial score (nSPS) is 10.8. The number of methoxy groups -OCH3 is 1. The summed E-state index contributed by atoms with van der Waals surface area (Å²) in [5, 5.41) is 7.61. The van der Waals surface area contributed by atoms with Gasteiger partial charge in [-0.15, -0.1) is 35.3 Å². The van der Waals surface area contributed by atoms with Crippen LogP contribution < -0.4 is 20.1 Å². The van der Waals surface area contributed by atoms with Crippen molar-refractivity contribution in [2.45, 2.75) is 33.4 Å². The van der Waals surface area contributed by atoms with Gasteiger partial charge in [0.15, 0.2) is 17.5 Å². The van der Waals surface area contributed by atoms with Gasteiger partial charge < -0.3 is 20.1 Å². The molecule has 1 heterocycles. The molecule has 0 radical (unpaired) electrons. The lowest BCUT2D eigenvalue weighted by Crippen LogP contribution is -2.36. The van der Waals surface area contributed by atoms with Crippen LogP contribution in [-0.4, -0.2) is 31.7 Å². The maximum absolute atomic E-state index is 5.68. The summed E-state index contributed by atoms with van der Waals surface area (Å²) in [4.78, 5) is 9.79. The Morgan fingerprint density at radius 2 is 2.00 bits per heavy atom. The molecule has 0 saturated heterocycles. The van der Waals surface area contributed by atoms with Gasteiger partial charge in [-0.05, 0) is 31.0 Å². The number of hydrogen-bond donors (Lipinski definition) is 2. The Hall–Kier alpha value is -1.55. The van der Waals surface area contributed by atoms with Gasteiger partial charge in [-0.25, -0.2) is 4.98 Å². The molecule has 6 nitrogen and oxygen atoms in total. The van der Waals surface area contributed by atoms with Crippen LogP contribution in [0.2, 0.25) is 0 Å². The minimum absolute atomic E-state index is 0. The number of aryl methyl sites for hydroxylation is 1. The molecule has 0 unspecified atom stereocenters. The van der Waals surface area contributed by atoms with Gasteiger partial charge in [-0.1, -0.05) is 13.0 Å². The van der Waals surface area contributed by atoms with Crippen molar-refractivity contribution in [2.75, 3.05) is 20.8 Å². The third kappa shape index (κ3) is 6.99. The van der Waals surface area contributed by atoms with Crippen molar-refractivity contribution in [1.29, 1.82) is 0 Å². The van der Waals surface area contributed by atoms with Crippen LogP contribution in [0.25, 0.3) is 0 Å². The molecule has 26 heavy (non-hydrogen) atoms. The molecule has 0 atom stereocenters. The zero-order chi connectivity index (χ0) is 18.1. The van der Waals surface area contributed by atoms with E-state index < -0.39 is 0 Å². The molecule has 8 heteroatoms. The number of halogens is 1. The quantitative estimate of drug-likeness (QED) is 0.336. The monoisotopic (exact) mass is 490 g/mol. The number of hydrogen-bond acceptors (Lipinski definition) is 5. The molecule has 0 saturated carbocycles. The van der Waals surface area contributed by atoms with E-state index in [9.17, 15) is 0 Å². The number of aliphatic imine (C=N–C) groups is 1. The van der Waals surface area contributed by atoms with Crippen LogP contribution in [0.1, 0.15) is 28.8 Å². The largest absolute Gasteiger partial charge is 0.493 e. The minimum Gasteiger partial charge on any atom is -0.493 e. The van der Waals surface area contributed by atoms with Crippen molar-refractivity contribution >= 4 is 41.3 Å². The van der Waals surface area contributed by atoms with Crippen LogP contribution in [0.5, 0.6) is 11.5 Å². The van der Waals surface area contributed by atoms with E-state index in [1.807, 2.05) is 24.4 Å². The smallest absolute Gasteiger partial charge is 0.191 e. The lowest BCUT2D eigenvalue weighted by atomic mass is 10.2. The van der Waals surface area contributed by atoms with Crippen LogP contribution >= 0.6 is 35.3 Å². The number of ether oxygens (including phenoxy) is 2. The Labute approximate surface area is 176 Å². The molecule has 144 valence electrons. The van der Waals surface area contributed by atoms with Crippen molar-refractivity contribution < 1.29 is 9.47 Å². The highest BCUT2D eigenvalue weighted by Gasteiger charge is 2.07. The zero-order valence-corrected chi connectivity index (χ0v) is 18.8. The summed E-state index contributed by atoms with van der Waals surface area (Å²) < 4.78 is 11.1. The third-order valence-electron chi connectivity index (χ3n) is 3.45. The fourth-order valence-corrected chi connectivity index (χ4v) is 2.93. The van der Waals surface area contributed by atoms with E-state index in [1.165, 1.54) is 4.88 Å². The SMILES string of the molecule is CCCOc1ccc(CNC(=NC)NCc2ncc(C)s2)cc1OC.I. The highest BCUT2D eigenvalue weighted by atomic mass is 127. The van der Waals surface area contributed by atoms with Crippen LogP contribution in [0.15, 0.2) is 29.4 Å². The Morgan fingerprint density at radius 3 is 2.62 bits per heavy atom. The Balaban J connectivity index is 0.00000338. The first kappa shape index (κ1) is 22.5. The Bertz CT molecular complexity index is 706. The Kier molecular flexibility index (Phi) is 10.3. The number of thiazole rings is 1. The highest BCUT2D eigenvalue weighted by molar-refractivity contribution is 14.0. The fourth-order valence-electron chi connectivity index (χ4n) is 2.20. The van der Waals surface area contributed by atoms with E-state index in [2.05, 4.69) is 34.5 Å². The first-order valence-corrected chi connectivity index (χ1v) is 9.13. The number of guanidine groups is 1. The van der Waals surface area contributed by atoms with Gasteiger partial charge in [0, 0.05) is 24.7 Å². The second kappa shape index (κ2) is 11.9. The van der Waals surface area contributed by atoms with Gasteiger partial charge in [0.2, 0.25) is 0 Å². The van der Waals surface area contributed by atoms with Crippen LogP contribution in [0.4, 0.5) is 0 Å². The number of aromatic nitrogens is 1. The number of nitrogens with one attached hydrogen (secondary N) is 2. The molecule has 1 aromatic carbocycles. The first-order chi connectivity index (χ1) is 12.2. The van der Waals surface area contributed by atoms with Crippen LogP contribution in [-0.2, 0) is 13.1 Å². The van der Waals surface area contributed by atoms with E-state index in [4.69, 9.17) is 9.47 Å². The van der Waals surface area contributed by atoms with Crippen molar-refractivity contribution in [3.63, 3.8) is 0 Å². The molecule has 2 N–H and O–H groups in total.